The van der Waals surface area contributed by atoms with E-state index in [4.69, 9.17) is 4.74 Å². The van der Waals surface area contributed by atoms with Crippen molar-refractivity contribution in [3.05, 3.63) is 53.6 Å². The first kappa shape index (κ1) is 37.0. The summed E-state index contributed by atoms with van der Waals surface area (Å²) in [5.74, 6) is 0.683. The first-order valence-corrected chi connectivity index (χ1v) is 25.0. The SMILES string of the molecule is CCCCCC1CCC(c2ccc(-c3ccc(OCCCC[Si](C)(C)CC[Si](C)(C)CCC(C)CC)c(F)c3F)cc2)CC1. The van der Waals surface area contributed by atoms with Crippen molar-refractivity contribution in [1.82, 2.24) is 0 Å². The summed E-state index contributed by atoms with van der Waals surface area (Å²) in [6, 6.07) is 17.0. The number of benzene rings is 2. The van der Waals surface area contributed by atoms with Crippen LogP contribution in [0.3, 0.4) is 0 Å². The van der Waals surface area contributed by atoms with Gasteiger partial charge in [0.2, 0.25) is 5.82 Å². The normalized spacial score (nSPS) is 18.4. The van der Waals surface area contributed by atoms with Crippen molar-refractivity contribution in [2.45, 2.75) is 154 Å². The van der Waals surface area contributed by atoms with E-state index < -0.39 is 27.8 Å². The molecule has 0 N–H and O–H groups in total. The van der Waals surface area contributed by atoms with Crippen molar-refractivity contribution in [3.8, 4) is 16.9 Å². The standard InChI is InChI=1S/C39H64F2OSi2/c1-8-10-11-14-32-15-17-33(18-16-32)34-19-21-35(22-20-34)36-23-24-37(39(41)38(36)40)42-26-12-13-27-43(4,5)29-30-44(6,7)28-25-31(3)9-2/h19-24,31-33H,8-18,25-30H2,1-7H3. The van der Waals surface area contributed by atoms with Gasteiger partial charge in [-0.05, 0) is 73.1 Å². The van der Waals surface area contributed by atoms with Gasteiger partial charge in [0.1, 0.15) is 0 Å². The van der Waals surface area contributed by atoms with Crippen LogP contribution in [-0.4, -0.2) is 22.8 Å². The summed E-state index contributed by atoms with van der Waals surface area (Å²) in [5.41, 5.74) is 2.37. The lowest BCUT2D eigenvalue weighted by Gasteiger charge is -2.29. The lowest BCUT2D eigenvalue weighted by atomic mass is 9.77. The van der Waals surface area contributed by atoms with Crippen molar-refractivity contribution in [2.75, 3.05) is 6.61 Å². The fourth-order valence-electron chi connectivity index (χ4n) is 6.92. The Morgan fingerprint density at radius 2 is 1.41 bits per heavy atom. The highest BCUT2D eigenvalue weighted by molar-refractivity contribution is 6.82. The first-order chi connectivity index (χ1) is 20.9. The molecule has 0 amide bonds. The van der Waals surface area contributed by atoms with Crippen LogP contribution in [-0.2, 0) is 0 Å². The summed E-state index contributed by atoms with van der Waals surface area (Å²) in [6.45, 7) is 17.6. The van der Waals surface area contributed by atoms with E-state index >= 15 is 8.78 Å². The Kier molecular flexibility index (Phi) is 15.2. The molecule has 5 heteroatoms. The summed E-state index contributed by atoms with van der Waals surface area (Å²) in [5, 5.41) is 0. The van der Waals surface area contributed by atoms with E-state index in [1.807, 2.05) is 12.1 Å². The molecule has 1 unspecified atom stereocenters. The molecule has 0 spiro atoms. The molecule has 0 aliphatic heterocycles. The quantitative estimate of drug-likeness (QED) is 0.109. The number of rotatable bonds is 19. The van der Waals surface area contributed by atoms with Crippen LogP contribution < -0.4 is 4.74 Å². The van der Waals surface area contributed by atoms with Gasteiger partial charge in [0, 0.05) is 21.7 Å². The molecule has 2 aromatic rings. The Balaban J connectivity index is 1.43. The van der Waals surface area contributed by atoms with Gasteiger partial charge in [0.15, 0.2) is 11.6 Å². The minimum absolute atomic E-state index is 0.0316. The third-order valence-corrected chi connectivity index (χ3v) is 17.9. The smallest absolute Gasteiger partial charge is 0.201 e. The third kappa shape index (κ3) is 12.0. The second-order valence-corrected chi connectivity index (χ2v) is 26.4. The summed E-state index contributed by atoms with van der Waals surface area (Å²) in [7, 11) is -2.37. The van der Waals surface area contributed by atoms with E-state index in [1.54, 1.807) is 12.1 Å². The van der Waals surface area contributed by atoms with Crippen LogP contribution in [0.1, 0.15) is 109 Å². The number of halogens is 2. The van der Waals surface area contributed by atoms with Crippen molar-refractivity contribution in [1.29, 1.82) is 0 Å². The number of hydrogen-bond donors (Lipinski definition) is 0. The van der Waals surface area contributed by atoms with E-state index in [2.05, 4.69) is 59.1 Å². The number of hydrogen-bond acceptors (Lipinski definition) is 1. The average Bonchev–Trinajstić information content (AvgIpc) is 3.01. The van der Waals surface area contributed by atoms with Gasteiger partial charge in [-0.3, -0.25) is 0 Å². The summed E-state index contributed by atoms with van der Waals surface area (Å²) in [6.07, 6.45) is 15.2. The predicted octanol–water partition coefficient (Wildman–Crippen LogP) is 13.5. The molecular formula is C39H64F2OSi2. The molecule has 1 aliphatic carbocycles. The molecule has 0 saturated heterocycles. The molecule has 3 rings (SSSR count). The van der Waals surface area contributed by atoms with Gasteiger partial charge < -0.3 is 4.74 Å². The number of ether oxygens (including phenoxy) is 1. The van der Waals surface area contributed by atoms with Gasteiger partial charge in [-0.2, -0.15) is 4.39 Å². The highest BCUT2D eigenvalue weighted by Gasteiger charge is 2.27. The van der Waals surface area contributed by atoms with Crippen LogP contribution in [0.2, 0.25) is 50.4 Å². The second-order valence-electron chi connectivity index (χ2n) is 15.8. The van der Waals surface area contributed by atoms with Gasteiger partial charge in [-0.1, -0.05) is 140 Å². The predicted molar refractivity (Wildman–Crippen MR) is 194 cm³/mol. The maximum absolute atomic E-state index is 15.2. The maximum atomic E-state index is 15.2. The molecule has 0 aromatic heterocycles. The summed E-state index contributed by atoms with van der Waals surface area (Å²) < 4.78 is 35.9. The van der Waals surface area contributed by atoms with Gasteiger partial charge in [-0.15, -0.1) is 0 Å². The minimum atomic E-state index is -1.25. The van der Waals surface area contributed by atoms with Crippen molar-refractivity contribution < 1.29 is 13.5 Å². The fraction of sp³-hybridized carbons (Fsp3) is 0.692. The lowest BCUT2D eigenvalue weighted by Crippen LogP contribution is -2.32. The molecule has 0 heterocycles. The molecule has 1 aliphatic rings. The Bertz CT molecular complexity index is 1110. The van der Waals surface area contributed by atoms with E-state index in [9.17, 15) is 0 Å². The van der Waals surface area contributed by atoms with Crippen LogP contribution in [0, 0.1) is 23.5 Å². The monoisotopic (exact) mass is 642 g/mol. The zero-order valence-electron chi connectivity index (χ0n) is 29.4. The second kappa shape index (κ2) is 18.0. The molecule has 2 aromatic carbocycles. The fourth-order valence-corrected chi connectivity index (χ4v) is 15.3. The van der Waals surface area contributed by atoms with Crippen LogP contribution in [0.5, 0.6) is 5.75 Å². The molecule has 1 saturated carbocycles. The molecule has 1 nitrogen and oxygen atoms in total. The van der Waals surface area contributed by atoms with Crippen molar-refractivity contribution in [2.24, 2.45) is 11.8 Å². The van der Waals surface area contributed by atoms with Crippen molar-refractivity contribution >= 4 is 16.1 Å². The zero-order valence-corrected chi connectivity index (χ0v) is 31.4. The van der Waals surface area contributed by atoms with Gasteiger partial charge in [0.25, 0.3) is 0 Å². The zero-order chi connectivity index (χ0) is 32.2. The molecule has 0 radical (unpaired) electrons. The molecule has 248 valence electrons. The van der Waals surface area contributed by atoms with Crippen LogP contribution in [0.25, 0.3) is 11.1 Å². The third-order valence-electron chi connectivity index (χ3n) is 10.8. The molecule has 1 atom stereocenters. The maximum Gasteiger partial charge on any atom is 0.201 e. The van der Waals surface area contributed by atoms with Crippen LogP contribution >= 0.6 is 0 Å². The largest absolute Gasteiger partial charge is 0.490 e. The molecule has 1 fully saturated rings. The Labute approximate surface area is 272 Å². The van der Waals surface area contributed by atoms with Crippen LogP contribution in [0.15, 0.2) is 36.4 Å². The highest BCUT2D eigenvalue weighted by Crippen LogP contribution is 2.39. The topological polar surface area (TPSA) is 9.23 Å². The molecular weight excluding hydrogens is 579 g/mol. The average molecular weight is 643 g/mol. The molecule has 0 bridgehead atoms. The van der Waals surface area contributed by atoms with Crippen LogP contribution in [0.4, 0.5) is 8.78 Å². The first-order valence-electron chi connectivity index (χ1n) is 18.2. The Hall–Kier alpha value is -1.47. The van der Waals surface area contributed by atoms with Gasteiger partial charge in [0.05, 0.1) is 6.61 Å². The minimum Gasteiger partial charge on any atom is -0.490 e. The summed E-state index contributed by atoms with van der Waals surface area (Å²) in [4.78, 5) is 0. The summed E-state index contributed by atoms with van der Waals surface area (Å²) >= 11 is 0. The molecule has 44 heavy (non-hydrogen) atoms. The van der Waals surface area contributed by atoms with Gasteiger partial charge in [-0.25, -0.2) is 4.39 Å². The Morgan fingerprint density at radius 3 is 2.05 bits per heavy atom. The van der Waals surface area contributed by atoms with E-state index in [0.29, 0.717) is 18.1 Å². The van der Waals surface area contributed by atoms with Crippen molar-refractivity contribution in [3.63, 3.8) is 0 Å². The Morgan fingerprint density at radius 1 is 0.750 bits per heavy atom. The van der Waals surface area contributed by atoms with Gasteiger partial charge >= 0.3 is 0 Å². The highest BCUT2D eigenvalue weighted by atomic mass is 28.3. The number of unbranched alkanes of at least 4 members (excludes halogenated alkanes) is 3. The van der Waals surface area contributed by atoms with E-state index in [1.165, 1.54) is 93.9 Å². The van der Waals surface area contributed by atoms with E-state index in [0.717, 1.165) is 30.2 Å². The van der Waals surface area contributed by atoms with E-state index in [-0.39, 0.29) is 5.75 Å². The lowest BCUT2D eigenvalue weighted by molar-refractivity contribution is 0.289.